The Morgan fingerprint density at radius 2 is 2.00 bits per heavy atom. The summed E-state index contributed by atoms with van der Waals surface area (Å²) in [4.78, 5) is 0.185. The van der Waals surface area contributed by atoms with Crippen LogP contribution in [0.3, 0.4) is 0 Å². The van der Waals surface area contributed by atoms with Gasteiger partial charge in [0.25, 0.3) is 0 Å². The zero-order chi connectivity index (χ0) is 11.6. The second-order valence-electron chi connectivity index (χ2n) is 3.31. The summed E-state index contributed by atoms with van der Waals surface area (Å²) in [5.74, 6) is 1.63. The molecule has 5 nitrogen and oxygen atoms in total. The minimum Gasteiger partial charge on any atom is -0.363 e. The molecule has 2 heterocycles. The highest BCUT2D eigenvalue weighted by Gasteiger charge is 2.28. The second kappa shape index (κ2) is 4.99. The summed E-state index contributed by atoms with van der Waals surface area (Å²) in [6, 6.07) is 0. The van der Waals surface area contributed by atoms with Gasteiger partial charge in [-0.3, -0.25) is 0 Å². The fraction of sp³-hybridized carbons (Fsp3) is 0.625. The van der Waals surface area contributed by atoms with Gasteiger partial charge in [-0.1, -0.05) is 26.7 Å². The molecule has 1 fully saturated rings. The first-order chi connectivity index (χ1) is 7.62. The van der Waals surface area contributed by atoms with Crippen molar-refractivity contribution in [1.29, 1.82) is 0 Å². The first kappa shape index (κ1) is 12.3. The molecule has 0 aliphatic carbocycles. The summed E-state index contributed by atoms with van der Waals surface area (Å²) < 4.78 is 30.6. The number of rotatable bonds is 2. The van der Waals surface area contributed by atoms with Gasteiger partial charge in [0, 0.05) is 24.6 Å². The topological polar surface area (TPSA) is 63.4 Å². The minimum absolute atomic E-state index is 0.185. The van der Waals surface area contributed by atoms with Crippen molar-refractivity contribution in [1.82, 2.24) is 9.46 Å². The highest BCUT2D eigenvalue weighted by atomic mass is 33.1. The molecule has 0 spiro atoms. The van der Waals surface area contributed by atoms with Crippen LogP contribution in [0.5, 0.6) is 0 Å². The summed E-state index contributed by atoms with van der Waals surface area (Å²) in [5, 5.41) is 3.61. The maximum atomic E-state index is 12.2. The summed E-state index contributed by atoms with van der Waals surface area (Å²) in [6.07, 6.45) is 1.20. The van der Waals surface area contributed by atoms with Crippen molar-refractivity contribution in [3.8, 4) is 0 Å². The molecule has 16 heavy (non-hydrogen) atoms. The standard InChI is InChI=1S/C8H12N2O3S3/c1-7-8(6-13-9-7)16(11,12)10-2-4-14-15-5-3-10/h6H,2-5H2,1H3. The van der Waals surface area contributed by atoms with E-state index in [9.17, 15) is 8.42 Å². The molecular weight excluding hydrogens is 268 g/mol. The largest absolute Gasteiger partial charge is 0.363 e. The lowest BCUT2D eigenvalue weighted by molar-refractivity contribution is 0.412. The van der Waals surface area contributed by atoms with Crippen LogP contribution in [-0.2, 0) is 10.0 Å². The van der Waals surface area contributed by atoms with Crippen molar-refractivity contribution >= 4 is 31.6 Å². The van der Waals surface area contributed by atoms with Gasteiger partial charge in [-0.2, -0.15) is 4.31 Å². The molecule has 1 aromatic rings. The van der Waals surface area contributed by atoms with Crippen LogP contribution in [0.1, 0.15) is 5.69 Å². The first-order valence-electron chi connectivity index (χ1n) is 4.78. The summed E-state index contributed by atoms with van der Waals surface area (Å²) in [5.41, 5.74) is 0.421. The Morgan fingerprint density at radius 3 is 2.50 bits per heavy atom. The number of aromatic nitrogens is 1. The highest BCUT2D eigenvalue weighted by molar-refractivity contribution is 8.76. The van der Waals surface area contributed by atoms with Crippen LogP contribution in [-0.4, -0.2) is 42.5 Å². The first-order valence-corrected chi connectivity index (χ1v) is 8.71. The SMILES string of the molecule is Cc1nocc1S(=O)(=O)N1CCSSCC1. The van der Waals surface area contributed by atoms with E-state index in [1.165, 1.54) is 10.6 Å². The van der Waals surface area contributed by atoms with Gasteiger partial charge in [-0.25, -0.2) is 8.42 Å². The average Bonchev–Trinajstić information content (AvgIpc) is 2.55. The van der Waals surface area contributed by atoms with E-state index in [0.29, 0.717) is 18.8 Å². The predicted molar refractivity (Wildman–Crippen MR) is 64.9 cm³/mol. The van der Waals surface area contributed by atoms with E-state index in [4.69, 9.17) is 0 Å². The van der Waals surface area contributed by atoms with E-state index < -0.39 is 10.0 Å². The molecule has 0 atom stereocenters. The highest BCUT2D eigenvalue weighted by Crippen LogP contribution is 2.27. The Hall–Kier alpha value is -0.180. The van der Waals surface area contributed by atoms with Crippen LogP contribution in [0.4, 0.5) is 0 Å². The normalized spacial score (nSPS) is 19.6. The lowest BCUT2D eigenvalue weighted by atomic mass is 10.5. The van der Waals surface area contributed by atoms with Crippen molar-refractivity contribution in [2.45, 2.75) is 11.8 Å². The van der Waals surface area contributed by atoms with E-state index >= 15 is 0 Å². The predicted octanol–water partition coefficient (Wildman–Crippen LogP) is 1.37. The Kier molecular flexibility index (Phi) is 3.83. The molecule has 8 heteroatoms. The van der Waals surface area contributed by atoms with Gasteiger partial charge in [0.2, 0.25) is 10.0 Å². The molecule has 0 amide bonds. The van der Waals surface area contributed by atoms with E-state index in [1.807, 2.05) is 0 Å². The van der Waals surface area contributed by atoms with Crippen LogP contribution in [0.15, 0.2) is 15.7 Å². The molecule has 2 rings (SSSR count). The van der Waals surface area contributed by atoms with Crippen LogP contribution in [0.25, 0.3) is 0 Å². The molecule has 0 bridgehead atoms. The van der Waals surface area contributed by atoms with Crippen LogP contribution in [0.2, 0.25) is 0 Å². The van der Waals surface area contributed by atoms with Gasteiger partial charge in [0.15, 0.2) is 0 Å². The van der Waals surface area contributed by atoms with Gasteiger partial charge in [0.1, 0.15) is 16.9 Å². The number of nitrogens with zero attached hydrogens (tertiary/aromatic N) is 2. The second-order valence-corrected chi connectivity index (χ2v) is 7.92. The molecular formula is C8H12N2O3S3. The van der Waals surface area contributed by atoms with Crippen molar-refractivity contribution < 1.29 is 12.9 Å². The van der Waals surface area contributed by atoms with Gasteiger partial charge in [0.05, 0.1) is 0 Å². The fourth-order valence-corrected chi connectivity index (χ4v) is 5.15. The van der Waals surface area contributed by atoms with Crippen LogP contribution in [0, 0.1) is 6.92 Å². The van der Waals surface area contributed by atoms with E-state index in [0.717, 1.165) is 11.5 Å². The third kappa shape index (κ3) is 2.39. The van der Waals surface area contributed by atoms with E-state index in [1.54, 1.807) is 28.5 Å². The molecule has 1 aliphatic rings. The fourth-order valence-electron chi connectivity index (χ4n) is 1.42. The van der Waals surface area contributed by atoms with Crippen molar-refractivity contribution in [2.75, 3.05) is 24.6 Å². The molecule has 90 valence electrons. The van der Waals surface area contributed by atoms with Gasteiger partial charge in [-0.05, 0) is 6.92 Å². The van der Waals surface area contributed by atoms with Gasteiger partial charge < -0.3 is 4.52 Å². The number of hydrogen-bond donors (Lipinski definition) is 0. The molecule has 0 aromatic carbocycles. The molecule has 1 saturated heterocycles. The Balaban J connectivity index is 2.27. The van der Waals surface area contributed by atoms with Gasteiger partial charge in [-0.15, -0.1) is 0 Å². The Morgan fingerprint density at radius 1 is 1.38 bits per heavy atom. The molecule has 0 N–H and O–H groups in total. The smallest absolute Gasteiger partial charge is 0.248 e. The van der Waals surface area contributed by atoms with Crippen molar-refractivity contribution in [3.05, 3.63) is 12.0 Å². The van der Waals surface area contributed by atoms with E-state index in [2.05, 4.69) is 9.68 Å². The zero-order valence-corrected chi connectivity index (χ0v) is 11.2. The lowest BCUT2D eigenvalue weighted by Crippen LogP contribution is -2.34. The monoisotopic (exact) mass is 280 g/mol. The maximum Gasteiger partial charge on any atom is 0.248 e. The quantitative estimate of drug-likeness (QED) is 0.762. The number of sulfonamides is 1. The molecule has 0 radical (unpaired) electrons. The summed E-state index contributed by atoms with van der Waals surface area (Å²) in [6.45, 7) is 2.73. The summed E-state index contributed by atoms with van der Waals surface area (Å²) >= 11 is 0. The molecule has 1 aromatic heterocycles. The van der Waals surface area contributed by atoms with E-state index in [-0.39, 0.29) is 4.90 Å². The third-order valence-corrected chi connectivity index (χ3v) is 6.61. The van der Waals surface area contributed by atoms with Crippen LogP contribution >= 0.6 is 21.6 Å². The molecule has 0 saturated carbocycles. The zero-order valence-electron chi connectivity index (χ0n) is 8.75. The Labute approximate surface area is 102 Å². The minimum atomic E-state index is -3.42. The average molecular weight is 280 g/mol. The van der Waals surface area contributed by atoms with Gasteiger partial charge >= 0.3 is 0 Å². The maximum absolute atomic E-state index is 12.2. The molecule has 0 unspecified atom stereocenters. The lowest BCUT2D eigenvalue weighted by Gasteiger charge is -2.18. The third-order valence-electron chi connectivity index (χ3n) is 2.26. The molecule has 1 aliphatic heterocycles. The summed E-state index contributed by atoms with van der Waals surface area (Å²) in [7, 11) is -0.00521. The Bertz CT molecular complexity index is 449. The van der Waals surface area contributed by atoms with Crippen molar-refractivity contribution in [3.63, 3.8) is 0 Å². The number of aryl methyl sites for hydroxylation is 1. The number of hydrogen-bond acceptors (Lipinski definition) is 6. The van der Waals surface area contributed by atoms with Crippen LogP contribution < -0.4 is 0 Å². The van der Waals surface area contributed by atoms with Crippen molar-refractivity contribution in [2.24, 2.45) is 0 Å².